The monoisotopic (exact) mass is 246 g/mol. The third-order valence-electron chi connectivity index (χ3n) is 4.02. The lowest BCUT2D eigenvalue weighted by molar-refractivity contribution is -0.126. The second-order valence-corrected chi connectivity index (χ2v) is 5.56. The summed E-state index contributed by atoms with van der Waals surface area (Å²) in [6, 6.07) is 7.96. The zero-order valence-electron chi connectivity index (χ0n) is 11.4. The van der Waals surface area contributed by atoms with Gasteiger partial charge in [0.15, 0.2) is 0 Å². The minimum absolute atomic E-state index is 0.146. The highest BCUT2D eigenvalue weighted by molar-refractivity contribution is 5.96. The molecule has 1 unspecified atom stereocenters. The van der Waals surface area contributed by atoms with E-state index in [0.29, 0.717) is 5.92 Å². The van der Waals surface area contributed by atoms with Crippen molar-refractivity contribution in [2.45, 2.75) is 27.2 Å². The largest absolute Gasteiger partial charge is 0.326 e. The summed E-state index contributed by atoms with van der Waals surface area (Å²) < 4.78 is 0. The molecule has 1 aliphatic rings. The summed E-state index contributed by atoms with van der Waals surface area (Å²) >= 11 is 0. The second-order valence-electron chi connectivity index (χ2n) is 5.56. The molecule has 1 fully saturated rings. The Morgan fingerprint density at radius 2 is 2.22 bits per heavy atom. The van der Waals surface area contributed by atoms with Crippen molar-refractivity contribution >= 4 is 11.6 Å². The van der Waals surface area contributed by atoms with E-state index >= 15 is 0 Å². The standard InChI is InChI=1S/C15H22N2O/c1-11(2)15(7-8-16-10-15)14(18)17-13-6-4-5-12(3)9-13/h4-6,9,11,16H,7-8,10H2,1-3H3,(H,17,18). The van der Waals surface area contributed by atoms with Crippen LogP contribution in [0, 0.1) is 18.3 Å². The molecular weight excluding hydrogens is 224 g/mol. The lowest BCUT2D eigenvalue weighted by atomic mass is 9.75. The molecule has 1 aromatic carbocycles. The number of benzene rings is 1. The van der Waals surface area contributed by atoms with Gasteiger partial charge in [-0.15, -0.1) is 0 Å². The van der Waals surface area contributed by atoms with E-state index in [1.165, 1.54) is 0 Å². The first-order valence-electron chi connectivity index (χ1n) is 6.63. The van der Waals surface area contributed by atoms with Crippen molar-refractivity contribution in [2.75, 3.05) is 18.4 Å². The van der Waals surface area contributed by atoms with Gasteiger partial charge < -0.3 is 10.6 Å². The quantitative estimate of drug-likeness (QED) is 0.860. The van der Waals surface area contributed by atoms with Crippen LogP contribution in [-0.4, -0.2) is 19.0 Å². The molecule has 0 bridgehead atoms. The third kappa shape index (κ3) is 2.41. The lowest BCUT2D eigenvalue weighted by Gasteiger charge is -2.31. The van der Waals surface area contributed by atoms with E-state index in [0.717, 1.165) is 30.8 Å². The van der Waals surface area contributed by atoms with Gasteiger partial charge in [0.05, 0.1) is 5.41 Å². The van der Waals surface area contributed by atoms with Gasteiger partial charge in [-0.2, -0.15) is 0 Å². The molecule has 2 N–H and O–H groups in total. The summed E-state index contributed by atoms with van der Waals surface area (Å²) in [5.41, 5.74) is 1.80. The second kappa shape index (κ2) is 5.11. The number of hydrogen-bond donors (Lipinski definition) is 2. The van der Waals surface area contributed by atoms with E-state index in [4.69, 9.17) is 0 Å². The minimum Gasteiger partial charge on any atom is -0.326 e. The molecule has 18 heavy (non-hydrogen) atoms. The van der Waals surface area contributed by atoms with Crippen molar-refractivity contribution in [3.05, 3.63) is 29.8 Å². The summed E-state index contributed by atoms with van der Waals surface area (Å²) in [5.74, 6) is 0.491. The van der Waals surface area contributed by atoms with E-state index < -0.39 is 0 Å². The molecule has 0 saturated carbocycles. The molecule has 0 radical (unpaired) electrons. The van der Waals surface area contributed by atoms with Crippen LogP contribution in [0.3, 0.4) is 0 Å². The normalized spacial score (nSPS) is 23.3. The molecule has 1 atom stereocenters. The van der Waals surface area contributed by atoms with Crippen LogP contribution in [0.4, 0.5) is 5.69 Å². The van der Waals surface area contributed by atoms with E-state index in [1.54, 1.807) is 0 Å². The average Bonchev–Trinajstić information content (AvgIpc) is 2.79. The van der Waals surface area contributed by atoms with Crippen molar-refractivity contribution in [2.24, 2.45) is 11.3 Å². The van der Waals surface area contributed by atoms with Crippen molar-refractivity contribution in [3.8, 4) is 0 Å². The SMILES string of the molecule is Cc1cccc(NC(=O)C2(C(C)C)CCNC2)c1. The van der Waals surface area contributed by atoms with Crippen LogP contribution in [0.25, 0.3) is 0 Å². The van der Waals surface area contributed by atoms with E-state index in [2.05, 4.69) is 24.5 Å². The fraction of sp³-hybridized carbons (Fsp3) is 0.533. The molecular formula is C15H22N2O. The maximum Gasteiger partial charge on any atom is 0.232 e. The van der Waals surface area contributed by atoms with Crippen molar-refractivity contribution in [3.63, 3.8) is 0 Å². The van der Waals surface area contributed by atoms with Crippen LogP contribution >= 0.6 is 0 Å². The summed E-state index contributed by atoms with van der Waals surface area (Å²) in [5, 5.41) is 6.38. The average molecular weight is 246 g/mol. The van der Waals surface area contributed by atoms with Gasteiger partial charge in [0, 0.05) is 12.2 Å². The Morgan fingerprint density at radius 3 is 2.78 bits per heavy atom. The van der Waals surface area contributed by atoms with Crippen LogP contribution in [0.2, 0.25) is 0 Å². The minimum atomic E-state index is -0.260. The van der Waals surface area contributed by atoms with Gasteiger partial charge in [-0.1, -0.05) is 26.0 Å². The fourth-order valence-corrected chi connectivity index (χ4v) is 2.64. The smallest absolute Gasteiger partial charge is 0.232 e. The lowest BCUT2D eigenvalue weighted by Crippen LogP contribution is -2.42. The first kappa shape index (κ1) is 13.1. The van der Waals surface area contributed by atoms with E-state index in [-0.39, 0.29) is 11.3 Å². The molecule has 1 aromatic rings. The Labute approximate surface area is 109 Å². The van der Waals surface area contributed by atoms with Crippen LogP contribution in [0.15, 0.2) is 24.3 Å². The van der Waals surface area contributed by atoms with Crippen LogP contribution in [-0.2, 0) is 4.79 Å². The van der Waals surface area contributed by atoms with Crippen molar-refractivity contribution in [1.82, 2.24) is 5.32 Å². The van der Waals surface area contributed by atoms with Gasteiger partial charge in [-0.25, -0.2) is 0 Å². The first-order valence-corrected chi connectivity index (χ1v) is 6.63. The number of nitrogens with one attached hydrogen (secondary N) is 2. The molecule has 1 aliphatic heterocycles. The Hall–Kier alpha value is -1.35. The van der Waals surface area contributed by atoms with Crippen LogP contribution in [0.1, 0.15) is 25.8 Å². The maximum atomic E-state index is 12.5. The van der Waals surface area contributed by atoms with Gasteiger partial charge in [0.1, 0.15) is 0 Å². The third-order valence-corrected chi connectivity index (χ3v) is 4.02. The summed E-state index contributed by atoms with van der Waals surface area (Å²) in [4.78, 5) is 12.5. The summed E-state index contributed by atoms with van der Waals surface area (Å²) in [7, 11) is 0. The molecule has 0 aliphatic carbocycles. The van der Waals surface area contributed by atoms with Gasteiger partial charge in [0.2, 0.25) is 5.91 Å². The van der Waals surface area contributed by atoms with Gasteiger partial charge in [0.25, 0.3) is 0 Å². The first-order chi connectivity index (χ1) is 8.54. The molecule has 1 saturated heterocycles. The summed E-state index contributed by atoms with van der Waals surface area (Å²) in [6.45, 7) is 8.00. The Morgan fingerprint density at radius 1 is 1.44 bits per heavy atom. The number of anilines is 1. The predicted molar refractivity (Wildman–Crippen MR) is 74.6 cm³/mol. The number of carbonyl (C=O) groups is 1. The molecule has 0 spiro atoms. The number of carbonyl (C=O) groups excluding carboxylic acids is 1. The summed E-state index contributed by atoms with van der Waals surface area (Å²) in [6.07, 6.45) is 0.919. The topological polar surface area (TPSA) is 41.1 Å². The van der Waals surface area contributed by atoms with Crippen molar-refractivity contribution < 1.29 is 4.79 Å². The Balaban J connectivity index is 2.16. The fourth-order valence-electron chi connectivity index (χ4n) is 2.64. The zero-order chi connectivity index (χ0) is 13.2. The van der Waals surface area contributed by atoms with Gasteiger partial charge in [-0.3, -0.25) is 4.79 Å². The Kier molecular flexibility index (Phi) is 3.71. The predicted octanol–water partition coefficient (Wildman–Crippen LogP) is 2.57. The number of rotatable bonds is 3. The van der Waals surface area contributed by atoms with Gasteiger partial charge >= 0.3 is 0 Å². The number of aryl methyl sites for hydroxylation is 1. The molecule has 1 amide bonds. The molecule has 98 valence electrons. The maximum absolute atomic E-state index is 12.5. The number of amides is 1. The molecule has 2 rings (SSSR count). The molecule has 0 aromatic heterocycles. The highest BCUT2D eigenvalue weighted by atomic mass is 16.2. The van der Waals surface area contributed by atoms with Crippen LogP contribution < -0.4 is 10.6 Å². The molecule has 1 heterocycles. The Bertz CT molecular complexity index is 434. The van der Waals surface area contributed by atoms with E-state index in [1.807, 2.05) is 31.2 Å². The number of hydrogen-bond acceptors (Lipinski definition) is 2. The molecule has 3 heteroatoms. The van der Waals surface area contributed by atoms with E-state index in [9.17, 15) is 4.79 Å². The van der Waals surface area contributed by atoms with Crippen molar-refractivity contribution in [1.29, 1.82) is 0 Å². The molecule has 3 nitrogen and oxygen atoms in total. The van der Waals surface area contributed by atoms with Gasteiger partial charge in [-0.05, 0) is 43.5 Å². The highest BCUT2D eigenvalue weighted by Gasteiger charge is 2.43. The van der Waals surface area contributed by atoms with Crippen LogP contribution in [0.5, 0.6) is 0 Å². The zero-order valence-corrected chi connectivity index (χ0v) is 11.4. The highest BCUT2D eigenvalue weighted by Crippen LogP contribution is 2.35.